The zero-order valence-electron chi connectivity index (χ0n) is 14.4. The molecule has 1 aliphatic heterocycles. The van der Waals surface area contributed by atoms with Crippen molar-refractivity contribution in [2.45, 2.75) is 12.8 Å². The van der Waals surface area contributed by atoms with E-state index in [4.69, 9.17) is 0 Å². The lowest BCUT2D eigenvalue weighted by Gasteiger charge is -2.14. The van der Waals surface area contributed by atoms with Crippen LogP contribution in [0.2, 0.25) is 0 Å². The maximum atomic E-state index is 14.4. The molecule has 2 heterocycles. The number of halogens is 1. The van der Waals surface area contributed by atoms with Crippen LogP contribution in [0.15, 0.2) is 54.6 Å². The molecule has 0 aliphatic carbocycles. The summed E-state index contributed by atoms with van der Waals surface area (Å²) in [6.45, 7) is 0.651. The highest BCUT2D eigenvalue weighted by Crippen LogP contribution is 2.30. The first-order chi connectivity index (χ1) is 13.2. The van der Waals surface area contributed by atoms with Gasteiger partial charge in [-0.2, -0.15) is 5.26 Å². The average molecular weight is 358 g/mol. The van der Waals surface area contributed by atoms with E-state index in [1.165, 1.54) is 6.07 Å². The molecule has 2 aromatic carbocycles. The molecule has 0 radical (unpaired) electrons. The molecular formula is C21H15FN4O. The van der Waals surface area contributed by atoms with Crippen LogP contribution in [0.4, 0.5) is 10.2 Å². The predicted molar refractivity (Wildman–Crippen MR) is 99.2 cm³/mol. The Morgan fingerprint density at radius 2 is 1.89 bits per heavy atom. The molecule has 0 saturated carbocycles. The number of aromatic nitrogens is 2. The Labute approximate surface area is 155 Å². The van der Waals surface area contributed by atoms with Crippen LogP contribution in [-0.4, -0.2) is 22.6 Å². The molecule has 1 aliphatic rings. The summed E-state index contributed by atoms with van der Waals surface area (Å²) in [6.07, 6.45) is 1.35. The van der Waals surface area contributed by atoms with Gasteiger partial charge in [0.1, 0.15) is 5.82 Å². The summed E-state index contributed by atoms with van der Waals surface area (Å²) in [5.74, 6) is 0.168. The third kappa shape index (κ3) is 3.15. The van der Waals surface area contributed by atoms with E-state index in [1.54, 1.807) is 53.4 Å². The van der Waals surface area contributed by atoms with Crippen molar-refractivity contribution in [2.24, 2.45) is 0 Å². The van der Waals surface area contributed by atoms with Gasteiger partial charge in [0.15, 0.2) is 5.82 Å². The van der Waals surface area contributed by atoms with Crippen molar-refractivity contribution < 1.29 is 9.18 Å². The third-order valence-corrected chi connectivity index (χ3v) is 4.60. The number of carbonyl (C=O) groups is 1. The molecule has 0 bridgehead atoms. The minimum absolute atomic E-state index is 0.0502. The minimum Gasteiger partial charge on any atom is -0.295 e. The lowest BCUT2D eigenvalue weighted by atomic mass is 9.97. The molecule has 5 nitrogen and oxygen atoms in total. The van der Waals surface area contributed by atoms with Crippen LogP contribution in [0.5, 0.6) is 0 Å². The van der Waals surface area contributed by atoms with Gasteiger partial charge in [-0.15, -0.1) is 10.2 Å². The molecule has 1 saturated heterocycles. The number of nitrogens with zero attached hydrogens (tertiary/aromatic N) is 4. The fraction of sp³-hybridized carbons (Fsp3) is 0.143. The number of amides is 1. The van der Waals surface area contributed by atoms with Gasteiger partial charge in [0, 0.05) is 29.7 Å². The molecule has 0 spiro atoms. The van der Waals surface area contributed by atoms with E-state index < -0.39 is 5.82 Å². The molecular weight excluding hydrogens is 343 g/mol. The zero-order valence-corrected chi connectivity index (χ0v) is 14.4. The van der Waals surface area contributed by atoms with E-state index in [2.05, 4.69) is 16.3 Å². The second kappa shape index (κ2) is 6.96. The molecule has 0 atom stereocenters. The van der Waals surface area contributed by atoms with Gasteiger partial charge >= 0.3 is 0 Å². The van der Waals surface area contributed by atoms with Crippen molar-refractivity contribution in [3.63, 3.8) is 0 Å². The van der Waals surface area contributed by atoms with E-state index in [1.807, 2.05) is 0 Å². The summed E-state index contributed by atoms with van der Waals surface area (Å²) < 4.78 is 14.4. The van der Waals surface area contributed by atoms with Crippen LogP contribution in [0.3, 0.4) is 0 Å². The summed E-state index contributed by atoms with van der Waals surface area (Å²) in [5.41, 5.74) is 2.53. The lowest BCUT2D eigenvalue weighted by molar-refractivity contribution is -0.117. The Morgan fingerprint density at radius 1 is 1.04 bits per heavy atom. The summed E-state index contributed by atoms with van der Waals surface area (Å²) >= 11 is 0. The average Bonchev–Trinajstić information content (AvgIpc) is 3.14. The van der Waals surface area contributed by atoms with E-state index in [0.717, 1.165) is 6.42 Å². The van der Waals surface area contributed by atoms with Crippen LogP contribution in [-0.2, 0) is 4.79 Å². The Morgan fingerprint density at radius 3 is 2.59 bits per heavy atom. The summed E-state index contributed by atoms with van der Waals surface area (Å²) in [4.78, 5) is 13.4. The standard InChI is InChI=1S/C21H15FN4O/c22-18-8-7-14(12-17(18)16-5-2-1-4-15(16)13-23)19-9-10-20(25-24-19)26-11-3-6-21(26)27/h1-2,4-5,7-10,12H,3,6,11H2. The highest BCUT2D eigenvalue weighted by Gasteiger charge is 2.23. The van der Waals surface area contributed by atoms with Gasteiger partial charge < -0.3 is 0 Å². The third-order valence-electron chi connectivity index (χ3n) is 4.60. The number of hydrogen-bond acceptors (Lipinski definition) is 4. The minimum atomic E-state index is -0.409. The van der Waals surface area contributed by atoms with Gasteiger partial charge in [-0.1, -0.05) is 18.2 Å². The van der Waals surface area contributed by atoms with Gasteiger partial charge in [-0.05, 0) is 42.8 Å². The second-order valence-corrected chi connectivity index (χ2v) is 6.28. The number of nitriles is 1. The summed E-state index contributed by atoms with van der Waals surface area (Å²) in [7, 11) is 0. The SMILES string of the molecule is N#Cc1ccccc1-c1cc(-c2ccc(N3CCCC3=O)nn2)ccc1F. The van der Waals surface area contributed by atoms with Crippen molar-refractivity contribution >= 4 is 11.7 Å². The van der Waals surface area contributed by atoms with Gasteiger partial charge in [0.25, 0.3) is 0 Å². The fourth-order valence-corrected chi connectivity index (χ4v) is 3.22. The van der Waals surface area contributed by atoms with E-state index in [9.17, 15) is 14.4 Å². The zero-order chi connectivity index (χ0) is 18.8. The molecule has 6 heteroatoms. The van der Waals surface area contributed by atoms with Crippen LogP contribution < -0.4 is 4.90 Å². The smallest absolute Gasteiger partial charge is 0.228 e. The molecule has 3 aromatic rings. The molecule has 132 valence electrons. The topological polar surface area (TPSA) is 69.9 Å². The van der Waals surface area contributed by atoms with E-state index in [0.29, 0.717) is 46.7 Å². The number of benzene rings is 2. The van der Waals surface area contributed by atoms with Crippen LogP contribution in [0.25, 0.3) is 22.4 Å². The quantitative estimate of drug-likeness (QED) is 0.711. The number of carbonyl (C=O) groups excluding carboxylic acids is 1. The van der Waals surface area contributed by atoms with Gasteiger partial charge in [-0.25, -0.2) is 4.39 Å². The van der Waals surface area contributed by atoms with Gasteiger partial charge in [0.2, 0.25) is 5.91 Å². The first-order valence-electron chi connectivity index (χ1n) is 8.61. The summed E-state index contributed by atoms with van der Waals surface area (Å²) in [5, 5.41) is 17.6. The fourth-order valence-electron chi connectivity index (χ4n) is 3.22. The van der Waals surface area contributed by atoms with Crippen LogP contribution in [0, 0.1) is 17.1 Å². The van der Waals surface area contributed by atoms with Crippen molar-refractivity contribution in [1.82, 2.24) is 10.2 Å². The lowest BCUT2D eigenvalue weighted by Crippen LogP contribution is -2.24. The molecule has 4 rings (SSSR count). The van der Waals surface area contributed by atoms with Crippen molar-refractivity contribution in [3.05, 3.63) is 66.0 Å². The van der Waals surface area contributed by atoms with Gasteiger partial charge in [-0.3, -0.25) is 9.69 Å². The van der Waals surface area contributed by atoms with Gasteiger partial charge in [0.05, 0.1) is 17.3 Å². The molecule has 0 N–H and O–H groups in total. The Hall–Kier alpha value is -3.59. The van der Waals surface area contributed by atoms with E-state index in [-0.39, 0.29) is 5.91 Å². The number of anilines is 1. The number of hydrogen-bond donors (Lipinski definition) is 0. The van der Waals surface area contributed by atoms with Crippen LogP contribution in [0.1, 0.15) is 18.4 Å². The first kappa shape index (κ1) is 16.9. The highest BCUT2D eigenvalue weighted by atomic mass is 19.1. The highest BCUT2D eigenvalue weighted by molar-refractivity contribution is 5.94. The monoisotopic (exact) mass is 358 g/mol. The van der Waals surface area contributed by atoms with Crippen molar-refractivity contribution in [3.8, 4) is 28.5 Å². The molecule has 0 unspecified atom stereocenters. The Balaban J connectivity index is 1.71. The Bertz CT molecular complexity index is 1060. The Kier molecular flexibility index (Phi) is 4.35. The normalized spacial score (nSPS) is 13.6. The molecule has 27 heavy (non-hydrogen) atoms. The van der Waals surface area contributed by atoms with Crippen LogP contribution >= 0.6 is 0 Å². The van der Waals surface area contributed by atoms with Crippen molar-refractivity contribution in [2.75, 3.05) is 11.4 Å². The first-order valence-corrected chi connectivity index (χ1v) is 8.61. The predicted octanol–water partition coefficient (Wildman–Crippen LogP) is 3.95. The maximum absolute atomic E-state index is 14.4. The largest absolute Gasteiger partial charge is 0.295 e. The molecule has 1 fully saturated rings. The van der Waals surface area contributed by atoms with Crippen molar-refractivity contribution in [1.29, 1.82) is 5.26 Å². The molecule has 1 amide bonds. The second-order valence-electron chi connectivity index (χ2n) is 6.28. The summed E-state index contributed by atoms with van der Waals surface area (Å²) in [6, 6.07) is 17.1. The molecule has 1 aromatic heterocycles. The van der Waals surface area contributed by atoms with E-state index >= 15 is 0 Å². The number of rotatable bonds is 3. The maximum Gasteiger partial charge on any atom is 0.228 e.